The Morgan fingerprint density at radius 3 is 2.95 bits per heavy atom. The predicted octanol–water partition coefficient (Wildman–Crippen LogP) is 1.87. The number of aromatic nitrogens is 1. The summed E-state index contributed by atoms with van der Waals surface area (Å²) >= 11 is 0. The molecule has 3 rings (SSSR count). The highest BCUT2D eigenvalue weighted by molar-refractivity contribution is 5.82. The lowest BCUT2D eigenvalue weighted by molar-refractivity contribution is 0.149. The second-order valence-corrected chi connectivity index (χ2v) is 4.63. The van der Waals surface area contributed by atoms with E-state index in [0.717, 1.165) is 24.4 Å². The summed E-state index contributed by atoms with van der Waals surface area (Å²) < 4.78 is 16.0. The minimum absolute atomic E-state index is 0.470. The zero-order chi connectivity index (χ0) is 14.1. The molecule has 6 heteroatoms. The van der Waals surface area contributed by atoms with Crippen LogP contribution in [0.2, 0.25) is 0 Å². The van der Waals surface area contributed by atoms with Gasteiger partial charge in [-0.3, -0.25) is 4.98 Å². The van der Waals surface area contributed by atoms with Crippen molar-refractivity contribution in [3.8, 4) is 5.75 Å². The first-order chi connectivity index (χ1) is 9.69. The second-order valence-electron chi connectivity index (χ2n) is 4.63. The van der Waals surface area contributed by atoms with E-state index in [0.29, 0.717) is 23.5 Å². The molecule has 2 aromatic rings. The van der Waals surface area contributed by atoms with Crippen LogP contribution in [0.4, 0.5) is 5.69 Å². The largest absolute Gasteiger partial charge is 0.494 e. The minimum atomic E-state index is -0.470. The van der Waals surface area contributed by atoms with E-state index in [1.807, 2.05) is 11.9 Å². The van der Waals surface area contributed by atoms with Crippen LogP contribution >= 0.6 is 0 Å². The SMILES string of the molecule is COc1cc2[nH]c(=O)oc2cc1N(C)C1=CCCOC1. The number of anilines is 1. The number of nitrogens with zero attached hydrogens (tertiary/aromatic N) is 1. The number of nitrogens with one attached hydrogen (secondary N) is 1. The van der Waals surface area contributed by atoms with Crippen LogP contribution in [-0.4, -0.2) is 32.4 Å². The number of hydrogen-bond donors (Lipinski definition) is 1. The first kappa shape index (κ1) is 12.8. The Balaban J connectivity index is 2.08. The standard InChI is InChI=1S/C14H16N2O4/c1-16(9-4-3-5-19-8-9)11-7-12-10(6-13(11)18-2)15-14(17)20-12/h4,6-7H,3,5,8H2,1-2H3,(H,15,17). The quantitative estimate of drug-likeness (QED) is 0.927. The number of fused-ring (bicyclic) bond motifs is 1. The maximum atomic E-state index is 11.3. The predicted molar refractivity (Wildman–Crippen MR) is 75.3 cm³/mol. The molecule has 0 saturated carbocycles. The number of benzene rings is 1. The van der Waals surface area contributed by atoms with Gasteiger partial charge in [0.1, 0.15) is 5.75 Å². The molecule has 0 bridgehead atoms. The molecular weight excluding hydrogens is 260 g/mol. The highest BCUT2D eigenvalue weighted by Gasteiger charge is 2.17. The van der Waals surface area contributed by atoms with E-state index in [9.17, 15) is 4.79 Å². The Bertz CT molecular complexity index is 714. The first-order valence-electron chi connectivity index (χ1n) is 6.40. The lowest BCUT2D eigenvalue weighted by atomic mass is 10.2. The smallest absolute Gasteiger partial charge is 0.417 e. The summed E-state index contributed by atoms with van der Waals surface area (Å²) in [4.78, 5) is 15.9. The fourth-order valence-electron chi connectivity index (χ4n) is 2.33. The Morgan fingerprint density at radius 2 is 2.25 bits per heavy atom. The normalized spacial score (nSPS) is 15.2. The molecule has 0 amide bonds. The molecule has 20 heavy (non-hydrogen) atoms. The number of likely N-dealkylation sites (N-methyl/N-ethyl adjacent to an activating group) is 1. The topological polar surface area (TPSA) is 67.7 Å². The van der Waals surface area contributed by atoms with Crippen LogP contribution in [0.15, 0.2) is 33.1 Å². The monoisotopic (exact) mass is 276 g/mol. The van der Waals surface area contributed by atoms with Gasteiger partial charge in [0.05, 0.1) is 31.5 Å². The minimum Gasteiger partial charge on any atom is -0.494 e. The van der Waals surface area contributed by atoms with Gasteiger partial charge in [-0.15, -0.1) is 0 Å². The van der Waals surface area contributed by atoms with Gasteiger partial charge < -0.3 is 18.8 Å². The summed E-state index contributed by atoms with van der Waals surface area (Å²) in [5.74, 6) is 0.200. The first-order valence-corrected chi connectivity index (χ1v) is 6.40. The molecule has 1 aromatic carbocycles. The zero-order valence-electron chi connectivity index (χ0n) is 11.4. The van der Waals surface area contributed by atoms with E-state index in [1.54, 1.807) is 19.2 Å². The molecule has 0 aliphatic carbocycles. The molecule has 1 N–H and O–H groups in total. The van der Waals surface area contributed by atoms with Crippen molar-refractivity contribution in [2.45, 2.75) is 6.42 Å². The van der Waals surface area contributed by atoms with E-state index in [1.165, 1.54) is 0 Å². The van der Waals surface area contributed by atoms with Crippen LogP contribution < -0.4 is 15.4 Å². The van der Waals surface area contributed by atoms with Crippen LogP contribution in [0.3, 0.4) is 0 Å². The Labute approximate surface area is 115 Å². The third kappa shape index (κ3) is 2.18. The van der Waals surface area contributed by atoms with E-state index >= 15 is 0 Å². The Morgan fingerprint density at radius 1 is 1.40 bits per heavy atom. The summed E-state index contributed by atoms with van der Waals surface area (Å²) in [5, 5.41) is 0. The summed E-state index contributed by atoms with van der Waals surface area (Å²) in [6.07, 6.45) is 3.03. The zero-order valence-corrected chi connectivity index (χ0v) is 11.4. The van der Waals surface area contributed by atoms with Gasteiger partial charge in [-0.2, -0.15) is 0 Å². The van der Waals surface area contributed by atoms with Crippen molar-refractivity contribution in [2.24, 2.45) is 0 Å². The lowest BCUT2D eigenvalue weighted by Gasteiger charge is -2.26. The van der Waals surface area contributed by atoms with Gasteiger partial charge in [-0.25, -0.2) is 4.79 Å². The van der Waals surface area contributed by atoms with E-state index in [2.05, 4.69) is 11.1 Å². The summed E-state index contributed by atoms with van der Waals surface area (Å²) in [7, 11) is 3.54. The fourth-order valence-corrected chi connectivity index (χ4v) is 2.33. The average Bonchev–Trinajstić information content (AvgIpc) is 2.85. The van der Waals surface area contributed by atoms with Crippen molar-refractivity contribution in [1.82, 2.24) is 4.98 Å². The molecule has 0 spiro atoms. The van der Waals surface area contributed by atoms with Gasteiger partial charge >= 0.3 is 5.76 Å². The fraction of sp³-hybridized carbons (Fsp3) is 0.357. The van der Waals surface area contributed by atoms with Crippen molar-refractivity contribution in [2.75, 3.05) is 32.3 Å². The number of aromatic amines is 1. The van der Waals surface area contributed by atoms with E-state index < -0.39 is 5.76 Å². The number of rotatable bonds is 3. The van der Waals surface area contributed by atoms with E-state index in [-0.39, 0.29) is 0 Å². The van der Waals surface area contributed by atoms with Gasteiger partial charge in [0.25, 0.3) is 0 Å². The molecule has 1 aliphatic rings. The molecule has 0 unspecified atom stereocenters. The Kier molecular flexibility index (Phi) is 3.23. The highest BCUT2D eigenvalue weighted by Crippen LogP contribution is 2.33. The van der Waals surface area contributed by atoms with Crippen molar-refractivity contribution in [3.05, 3.63) is 34.5 Å². The molecule has 0 radical (unpaired) electrons. The van der Waals surface area contributed by atoms with Crippen molar-refractivity contribution in [3.63, 3.8) is 0 Å². The molecule has 6 nitrogen and oxygen atoms in total. The average molecular weight is 276 g/mol. The van der Waals surface area contributed by atoms with Crippen LogP contribution in [-0.2, 0) is 4.74 Å². The summed E-state index contributed by atoms with van der Waals surface area (Å²) in [5.41, 5.74) is 3.03. The van der Waals surface area contributed by atoms with Crippen LogP contribution in [0.1, 0.15) is 6.42 Å². The molecule has 0 fully saturated rings. The number of methoxy groups -OCH3 is 1. The Hall–Kier alpha value is -2.21. The van der Waals surface area contributed by atoms with Gasteiger partial charge in [-0.05, 0) is 6.42 Å². The molecule has 2 heterocycles. The van der Waals surface area contributed by atoms with Crippen molar-refractivity contribution >= 4 is 16.8 Å². The summed E-state index contributed by atoms with van der Waals surface area (Å²) in [6.45, 7) is 1.31. The van der Waals surface area contributed by atoms with E-state index in [4.69, 9.17) is 13.9 Å². The lowest BCUT2D eigenvalue weighted by Crippen LogP contribution is -2.23. The molecule has 106 valence electrons. The van der Waals surface area contributed by atoms with Crippen molar-refractivity contribution in [1.29, 1.82) is 0 Å². The maximum Gasteiger partial charge on any atom is 0.417 e. The summed E-state index contributed by atoms with van der Waals surface area (Å²) in [6, 6.07) is 3.55. The molecule has 1 aromatic heterocycles. The number of hydrogen-bond acceptors (Lipinski definition) is 5. The number of ether oxygens (including phenoxy) is 2. The van der Waals surface area contributed by atoms with Gasteiger partial charge in [-0.1, -0.05) is 6.08 Å². The van der Waals surface area contributed by atoms with Crippen LogP contribution in [0, 0.1) is 0 Å². The molecule has 1 aliphatic heterocycles. The van der Waals surface area contributed by atoms with Gasteiger partial charge in [0.2, 0.25) is 0 Å². The van der Waals surface area contributed by atoms with Crippen molar-refractivity contribution < 1.29 is 13.9 Å². The number of H-pyrrole nitrogens is 1. The van der Waals surface area contributed by atoms with Crippen LogP contribution in [0.25, 0.3) is 11.1 Å². The highest BCUT2D eigenvalue weighted by atomic mass is 16.5. The molecule has 0 saturated heterocycles. The molecule has 0 atom stereocenters. The second kappa shape index (κ2) is 5.05. The third-order valence-electron chi connectivity index (χ3n) is 3.40. The van der Waals surface area contributed by atoms with Gasteiger partial charge in [0, 0.05) is 24.9 Å². The third-order valence-corrected chi connectivity index (χ3v) is 3.40. The maximum absolute atomic E-state index is 11.3. The van der Waals surface area contributed by atoms with Gasteiger partial charge in [0.15, 0.2) is 5.58 Å². The molecular formula is C14H16N2O4. The number of oxazole rings is 1. The van der Waals surface area contributed by atoms with Crippen LogP contribution in [0.5, 0.6) is 5.75 Å².